The third-order valence-corrected chi connectivity index (χ3v) is 5.45. The zero-order chi connectivity index (χ0) is 20.9. The summed E-state index contributed by atoms with van der Waals surface area (Å²) in [6.45, 7) is 0. The molecule has 4 rings (SSSR count). The Labute approximate surface area is 178 Å². The molecule has 0 unspecified atom stereocenters. The van der Waals surface area contributed by atoms with Gasteiger partial charge in [0.1, 0.15) is 5.82 Å². The number of nitrogens with zero attached hydrogens (tertiary/aromatic N) is 1. The average Bonchev–Trinajstić information content (AvgIpc) is 2.77. The van der Waals surface area contributed by atoms with E-state index in [4.69, 9.17) is 5.73 Å². The molecule has 6 heteroatoms. The van der Waals surface area contributed by atoms with Gasteiger partial charge in [-0.15, -0.1) is 0 Å². The highest BCUT2D eigenvalue weighted by atomic mass is 32.2. The van der Waals surface area contributed by atoms with Crippen molar-refractivity contribution >= 4 is 29.0 Å². The lowest BCUT2D eigenvalue weighted by molar-refractivity contribution is 0.102. The van der Waals surface area contributed by atoms with Crippen LogP contribution in [0.4, 0.5) is 15.8 Å². The first-order valence-electron chi connectivity index (χ1n) is 9.23. The van der Waals surface area contributed by atoms with Gasteiger partial charge in [-0.05, 0) is 71.8 Å². The Hall–Kier alpha value is -3.64. The molecule has 1 aromatic heterocycles. The Bertz CT molecular complexity index is 1160. The first kappa shape index (κ1) is 19.7. The fourth-order valence-electron chi connectivity index (χ4n) is 2.90. The molecule has 0 saturated heterocycles. The number of pyridine rings is 1. The van der Waals surface area contributed by atoms with Gasteiger partial charge >= 0.3 is 0 Å². The number of nitrogens with one attached hydrogen (secondary N) is 1. The van der Waals surface area contributed by atoms with Crippen LogP contribution in [-0.4, -0.2) is 10.9 Å². The van der Waals surface area contributed by atoms with Crippen molar-refractivity contribution in [2.45, 2.75) is 9.79 Å². The monoisotopic (exact) mass is 415 g/mol. The van der Waals surface area contributed by atoms with Gasteiger partial charge in [0, 0.05) is 27.7 Å². The van der Waals surface area contributed by atoms with Gasteiger partial charge in [-0.3, -0.25) is 9.78 Å². The van der Waals surface area contributed by atoms with Gasteiger partial charge in [-0.2, -0.15) is 0 Å². The summed E-state index contributed by atoms with van der Waals surface area (Å²) < 4.78 is 13.2. The molecule has 0 saturated carbocycles. The summed E-state index contributed by atoms with van der Waals surface area (Å²) in [6, 6.07) is 22.7. The van der Waals surface area contributed by atoms with E-state index in [1.165, 1.54) is 12.1 Å². The molecule has 4 nitrogen and oxygen atoms in total. The molecule has 30 heavy (non-hydrogen) atoms. The first-order chi connectivity index (χ1) is 14.6. The van der Waals surface area contributed by atoms with Crippen LogP contribution in [0.25, 0.3) is 11.1 Å². The molecular formula is C24H18FN3OS. The minimum atomic E-state index is -0.298. The number of benzene rings is 3. The number of carbonyl (C=O) groups excluding carboxylic acids is 1. The summed E-state index contributed by atoms with van der Waals surface area (Å²) in [5.41, 5.74) is 9.21. The van der Waals surface area contributed by atoms with Crippen molar-refractivity contribution in [3.63, 3.8) is 0 Å². The minimum absolute atomic E-state index is 0.254. The lowest BCUT2D eigenvalue weighted by Crippen LogP contribution is -2.13. The summed E-state index contributed by atoms with van der Waals surface area (Å²) in [4.78, 5) is 18.8. The standard InChI is InChI=1S/C24H18FN3OS/c25-19-8-3-16(4-9-19)18-7-12-22(26)23(14-18)28-24(29)17-5-10-20(11-6-17)30-21-2-1-13-27-15-21/h1-15H,26H2,(H,28,29). The summed E-state index contributed by atoms with van der Waals surface area (Å²) >= 11 is 1.57. The second kappa shape index (κ2) is 8.80. The maximum Gasteiger partial charge on any atom is 0.255 e. The molecule has 4 aromatic rings. The second-order valence-electron chi connectivity index (χ2n) is 6.58. The predicted molar refractivity (Wildman–Crippen MR) is 119 cm³/mol. The average molecular weight is 415 g/mol. The van der Waals surface area contributed by atoms with E-state index >= 15 is 0 Å². The molecule has 0 aliphatic carbocycles. The van der Waals surface area contributed by atoms with Crippen LogP contribution in [0.3, 0.4) is 0 Å². The van der Waals surface area contributed by atoms with E-state index in [2.05, 4.69) is 10.3 Å². The van der Waals surface area contributed by atoms with Gasteiger partial charge in [0.25, 0.3) is 5.91 Å². The molecule has 3 N–H and O–H groups in total. The summed E-state index contributed by atoms with van der Waals surface area (Å²) in [5.74, 6) is -0.552. The quantitative estimate of drug-likeness (QED) is 0.400. The highest BCUT2D eigenvalue weighted by molar-refractivity contribution is 7.99. The number of nitrogens with two attached hydrogens (primary N) is 1. The van der Waals surface area contributed by atoms with Crippen LogP contribution in [0.15, 0.2) is 101 Å². The molecule has 0 bridgehead atoms. The molecular weight excluding hydrogens is 397 g/mol. The van der Waals surface area contributed by atoms with Gasteiger partial charge in [0.05, 0.1) is 11.4 Å². The number of aromatic nitrogens is 1. The number of rotatable bonds is 5. The van der Waals surface area contributed by atoms with Gasteiger partial charge in [-0.1, -0.05) is 30.0 Å². The topological polar surface area (TPSA) is 68.0 Å². The van der Waals surface area contributed by atoms with Crippen LogP contribution in [0.5, 0.6) is 0 Å². The molecule has 0 aliphatic heterocycles. The number of halogens is 1. The first-order valence-corrected chi connectivity index (χ1v) is 10.0. The Balaban J connectivity index is 1.49. The molecule has 0 spiro atoms. The number of hydrogen-bond acceptors (Lipinski definition) is 4. The largest absolute Gasteiger partial charge is 0.397 e. The molecule has 3 aromatic carbocycles. The van der Waals surface area contributed by atoms with E-state index in [1.54, 1.807) is 60.6 Å². The smallest absolute Gasteiger partial charge is 0.255 e. The third kappa shape index (κ3) is 4.67. The molecule has 0 atom stereocenters. The van der Waals surface area contributed by atoms with E-state index in [0.717, 1.165) is 20.9 Å². The summed E-state index contributed by atoms with van der Waals surface area (Å²) in [7, 11) is 0. The molecule has 1 amide bonds. The summed E-state index contributed by atoms with van der Waals surface area (Å²) in [6.07, 6.45) is 3.52. The van der Waals surface area contributed by atoms with Crippen molar-refractivity contribution < 1.29 is 9.18 Å². The summed E-state index contributed by atoms with van der Waals surface area (Å²) in [5, 5.41) is 2.86. The van der Waals surface area contributed by atoms with E-state index in [-0.39, 0.29) is 11.7 Å². The van der Waals surface area contributed by atoms with E-state index in [9.17, 15) is 9.18 Å². The number of amides is 1. The van der Waals surface area contributed by atoms with Crippen LogP contribution in [-0.2, 0) is 0 Å². The van der Waals surface area contributed by atoms with Crippen LogP contribution in [0, 0.1) is 5.82 Å². The van der Waals surface area contributed by atoms with Crippen molar-refractivity contribution in [1.82, 2.24) is 4.98 Å². The Kier molecular flexibility index (Phi) is 5.77. The zero-order valence-electron chi connectivity index (χ0n) is 15.9. The van der Waals surface area contributed by atoms with Gasteiger partial charge in [0.15, 0.2) is 0 Å². The highest BCUT2D eigenvalue weighted by Crippen LogP contribution is 2.29. The SMILES string of the molecule is Nc1ccc(-c2ccc(F)cc2)cc1NC(=O)c1ccc(Sc2cccnc2)cc1. The van der Waals surface area contributed by atoms with Crippen molar-refractivity contribution in [1.29, 1.82) is 0 Å². The number of carbonyl (C=O) groups is 1. The van der Waals surface area contributed by atoms with Crippen molar-refractivity contribution in [2.24, 2.45) is 0 Å². The van der Waals surface area contributed by atoms with Gasteiger partial charge in [0.2, 0.25) is 0 Å². The molecule has 0 fully saturated rings. The Morgan fingerprint density at radius 2 is 1.63 bits per heavy atom. The fourth-order valence-corrected chi connectivity index (χ4v) is 3.70. The van der Waals surface area contributed by atoms with E-state index in [1.807, 2.05) is 30.3 Å². The molecule has 1 heterocycles. The fraction of sp³-hybridized carbons (Fsp3) is 0. The lowest BCUT2D eigenvalue weighted by atomic mass is 10.0. The highest BCUT2D eigenvalue weighted by Gasteiger charge is 2.10. The van der Waals surface area contributed by atoms with E-state index < -0.39 is 0 Å². The molecule has 148 valence electrons. The van der Waals surface area contributed by atoms with E-state index in [0.29, 0.717) is 16.9 Å². The number of anilines is 2. The second-order valence-corrected chi connectivity index (χ2v) is 7.73. The Morgan fingerprint density at radius 1 is 0.900 bits per heavy atom. The lowest BCUT2D eigenvalue weighted by Gasteiger charge is -2.11. The molecule has 0 aliphatic rings. The number of nitrogen functional groups attached to an aromatic ring is 1. The van der Waals surface area contributed by atoms with Crippen LogP contribution >= 0.6 is 11.8 Å². The van der Waals surface area contributed by atoms with Crippen molar-refractivity contribution in [2.75, 3.05) is 11.1 Å². The minimum Gasteiger partial charge on any atom is -0.397 e. The maximum absolute atomic E-state index is 13.2. The zero-order valence-corrected chi connectivity index (χ0v) is 16.7. The maximum atomic E-state index is 13.2. The van der Waals surface area contributed by atoms with Crippen molar-refractivity contribution in [3.05, 3.63) is 103 Å². The van der Waals surface area contributed by atoms with Crippen LogP contribution in [0.1, 0.15) is 10.4 Å². The third-order valence-electron chi connectivity index (χ3n) is 4.47. The van der Waals surface area contributed by atoms with Crippen LogP contribution in [0.2, 0.25) is 0 Å². The van der Waals surface area contributed by atoms with Crippen LogP contribution < -0.4 is 11.1 Å². The van der Waals surface area contributed by atoms with Crippen molar-refractivity contribution in [3.8, 4) is 11.1 Å². The molecule has 0 radical (unpaired) electrons. The number of hydrogen-bond donors (Lipinski definition) is 2. The van der Waals surface area contributed by atoms with Gasteiger partial charge < -0.3 is 11.1 Å². The van der Waals surface area contributed by atoms with Gasteiger partial charge in [-0.25, -0.2) is 4.39 Å². The predicted octanol–water partition coefficient (Wildman–Crippen LogP) is 5.87. The Morgan fingerprint density at radius 3 is 2.33 bits per heavy atom. The normalized spacial score (nSPS) is 10.6.